The lowest BCUT2D eigenvalue weighted by atomic mass is 10.2. The average molecular weight is 405 g/mol. The van der Waals surface area contributed by atoms with Gasteiger partial charge < -0.3 is 5.11 Å². The van der Waals surface area contributed by atoms with E-state index >= 15 is 0 Å². The van der Waals surface area contributed by atoms with Gasteiger partial charge in [0.1, 0.15) is 11.6 Å². The topological polar surface area (TPSA) is 142 Å². The molecule has 3 rings (SSSR count). The number of nitro groups is 1. The molecule has 1 atom stereocenters. The van der Waals surface area contributed by atoms with Gasteiger partial charge in [0.15, 0.2) is 0 Å². The van der Waals surface area contributed by atoms with Gasteiger partial charge in [-0.25, -0.2) is 18.0 Å². The SMILES string of the molecule is Cc1ccc(S(=O)(=O)n2c(=O)n(C(C)C(=O)O)c3c([N+](=O)[O-])cccc32)cc1. The van der Waals surface area contributed by atoms with Crippen LogP contribution in [0.1, 0.15) is 18.5 Å². The third-order valence-electron chi connectivity index (χ3n) is 4.33. The number of aromatic nitrogens is 2. The number of aliphatic carboxylic acids is 1. The van der Waals surface area contributed by atoms with E-state index in [1.165, 1.54) is 24.3 Å². The van der Waals surface area contributed by atoms with Gasteiger partial charge in [0.05, 0.1) is 15.3 Å². The Morgan fingerprint density at radius 1 is 1.18 bits per heavy atom. The average Bonchev–Trinajstić information content (AvgIpc) is 2.93. The van der Waals surface area contributed by atoms with Gasteiger partial charge in [0.25, 0.3) is 15.7 Å². The van der Waals surface area contributed by atoms with Crippen molar-refractivity contribution in [3.05, 3.63) is 68.6 Å². The molecule has 0 fully saturated rings. The number of hydrogen-bond acceptors (Lipinski definition) is 6. The second kappa shape index (κ2) is 6.60. The summed E-state index contributed by atoms with van der Waals surface area (Å²) in [5.74, 6) is -1.44. The zero-order valence-corrected chi connectivity index (χ0v) is 15.6. The normalized spacial score (nSPS) is 12.8. The van der Waals surface area contributed by atoms with E-state index in [9.17, 15) is 33.2 Å². The first-order valence-electron chi connectivity index (χ1n) is 8.02. The van der Waals surface area contributed by atoms with Crippen LogP contribution < -0.4 is 5.69 Å². The number of para-hydroxylation sites is 1. The predicted molar refractivity (Wildman–Crippen MR) is 99.0 cm³/mol. The zero-order valence-electron chi connectivity index (χ0n) is 14.8. The molecule has 1 aromatic heterocycles. The molecular weight excluding hydrogens is 390 g/mol. The number of aryl methyl sites for hydroxylation is 1. The van der Waals surface area contributed by atoms with Crippen LogP contribution >= 0.6 is 0 Å². The van der Waals surface area contributed by atoms with Crippen molar-refractivity contribution in [1.82, 2.24) is 8.54 Å². The van der Waals surface area contributed by atoms with E-state index < -0.39 is 38.3 Å². The summed E-state index contributed by atoms with van der Waals surface area (Å²) in [6.07, 6.45) is 0. The molecule has 0 bridgehead atoms. The summed E-state index contributed by atoms with van der Waals surface area (Å²) in [6.45, 7) is 2.90. The van der Waals surface area contributed by atoms with Crippen LogP contribution in [0.2, 0.25) is 0 Å². The highest BCUT2D eigenvalue weighted by Crippen LogP contribution is 2.29. The van der Waals surface area contributed by atoms with E-state index in [-0.39, 0.29) is 15.9 Å². The highest BCUT2D eigenvalue weighted by atomic mass is 32.2. The number of carboxylic acids is 1. The molecule has 10 nitrogen and oxygen atoms in total. The lowest BCUT2D eigenvalue weighted by Crippen LogP contribution is -2.33. The first kappa shape index (κ1) is 19.3. The summed E-state index contributed by atoms with van der Waals surface area (Å²) in [6, 6.07) is 7.70. The van der Waals surface area contributed by atoms with Gasteiger partial charge in [-0.15, -0.1) is 0 Å². The molecule has 1 N–H and O–H groups in total. The highest BCUT2D eigenvalue weighted by molar-refractivity contribution is 7.90. The Hall–Kier alpha value is -3.47. The van der Waals surface area contributed by atoms with E-state index in [4.69, 9.17) is 0 Å². The summed E-state index contributed by atoms with van der Waals surface area (Å²) >= 11 is 0. The van der Waals surface area contributed by atoms with E-state index in [2.05, 4.69) is 0 Å². The second-order valence-electron chi connectivity index (χ2n) is 6.15. The fourth-order valence-corrected chi connectivity index (χ4v) is 4.28. The molecule has 0 saturated carbocycles. The Morgan fingerprint density at radius 2 is 1.79 bits per heavy atom. The first-order chi connectivity index (χ1) is 13.1. The van der Waals surface area contributed by atoms with Crippen molar-refractivity contribution in [2.75, 3.05) is 0 Å². The van der Waals surface area contributed by atoms with Crippen LogP contribution in [-0.4, -0.2) is 33.0 Å². The third-order valence-corrected chi connectivity index (χ3v) is 6.04. The number of imidazole rings is 1. The van der Waals surface area contributed by atoms with Crippen molar-refractivity contribution in [3.63, 3.8) is 0 Å². The Kier molecular flexibility index (Phi) is 4.55. The monoisotopic (exact) mass is 405 g/mol. The zero-order chi connectivity index (χ0) is 20.8. The summed E-state index contributed by atoms with van der Waals surface area (Å²) in [7, 11) is -4.43. The molecule has 0 spiro atoms. The number of non-ortho nitro benzene ring substituents is 1. The maximum absolute atomic E-state index is 13.1. The van der Waals surface area contributed by atoms with Gasteiger partial charge in [0, 0.05) is 6.07 Å². The lowest BCUT2D eigenvalue weighted by Gasteiger charge is -2.08. The Balaban J connectivity index is 2.49. The molecule has 146 valence electrons. The van der Waals surface area contributed by atoms with E-state index in [0.29, 0.717) is 8.54 Å². The van der Waals surface area contributed by atoms with Crippen molar-refractivity contribution >= 4 is 32.7 Å². The number of nitrogens with zero attached hydrogens (tertiary/aromatic N) is 3. The van der Waals surface area contributed by atoms with Crippen LogP contribution in [0, 0.1) is 17.0 Å². The molecule has 1 unspecified atom stereocenters. The Morgan fingerprint density at radius 3 is 2.32 bits per heavy atom. The van der Waals surface area contributed by atoms with Crippen LogP contribution in [0.5, 0.6) is 0 Å². The smallest absolute Gasteiger partial charge is 0.344 e. The van der Waals surface area contributed by atoms with E-state index in [0.717, 1.165) is 18.6 Å². The van der Waals surface area contributed by atoms with Crippen molar-refractivity contribution in [1.29, 1.82) is 0 Å². The molecule has 3 aromatic rings. The Labute approximate surface area is 158 Å². The third kappa shape index (κ3) is 2.85. The minimum Gasteiger partial charge on any atom is -0.480 e. The second-order valence-corrected chi connectivity index (χ2v) is 7.94. The molecule has 0 saturated heterocycles. The molecule has 0 aliphatic heterocycles. The molecule has 1 heterocycles. The van der Waals surface area contributed by atoms with E-state index in [1.807, 2.05) is 0 Å². The van der Waals surface area contributed by atoms with Crippen molar-refractivity contribution in [2.45, 2.75) is 24.8 Å². The van der Waals surface area contributed by atoms with Crippen molar-refractivity contribution in [3.8, 4) is 0 Å². The minimum absolute atomic E-state index is 0.200. The lowest BCUT2D eigenvalue weighted by molar-refractivity contribution is -0.383. The molecule has 0 amide bonds. The number of benzene rings is 2. The Bertz CT molecular complexity index is 1270. The number of rotatable bonds is 5. The molecule has 0 aliphatic rings. The molecular formula is C17H15N3O7S. The van der Waals surface area contributed by atoms with Gasteiger partial charge >= 0.3 is 11.7 Å². The summed E-state index contributed by atoms with van der Waals surface area (Å²) < 4.78 is 27.2. The molecule has 11 heteroatoms. The van der Waals surface area contributed by atoms with Crippen LogP contribution in [0.15, 0.2) is 52.2 Å². The number of fused-ring (bicyclic) bond motifs is 1. The first-order valence-corrected chi connectivity index (χ1v) is 9.46. The maximum atomic E-state index is 13.1. The summed E-state index contributed by atoms with van der Waals surface area (Å²) in [5, 5.41) is 20.7. The van der Waals surface area contributed by atoms with Gasteiger partial charge in [-0.3, -0.25) is 14.7 Å². The highest BCUT2D eigenvalue weighted by Gasteiger charge is 2.32. The number of carbonyl (C=O) groups is 1. The molecule has 0 aliphatic carbocycles. The van der Waals surface area contributed by atoms with Gasteiger partial charge in [-0.1, -0.05) is 23.8 Å². The minimum atomic E-state index is -4.43. The van der Waals surface area contributed by atoms with Crippen molar-refractivity contribution < 1.29 is 23.2 Å². The standard InChI is InChI=1S/C17H15N3O7S/c1-10-6-8-12(9-7-10)28(26,27)19-13-4-3-5-14(20(24)25)15(13)18(17(19)23)11(2)16(21)22/h3-9,11H,1-2H3,(H,21,22). The fraction of sp³-hybridized carbons (Fsp3) is 0.176. The molecule has 28 heavy (non-hydrogen) atoms. The fourth-order valence-electron chi connectivity index (χ4n) is 2.89. The van der Waals surface area contributed by atoms with Gasteiger partial charge in [-0.05, 0) is 32.0 Å². The quantitative estimate of drug-likeness (QED) is 0.505. The number of hydrogen-bond donors (Lipinski definition) is 1. The van der Waals surface area contributed by atoms with Crippen LogP contribution in [0.4, 0.5) is 5.69 Å². The van der Waals surface area contributed by atoms with Crippen LogP contribution in [0.25, 0.3) is 11.0 Å². The van der Waals surface area contributed by atoms with Crippen LogP contribution in [-0.2, 0) is 14.8 Å². The van der Waals surface area contributed by atoms with Gasteiger partial charge in [0.2, 0.25) is 0 Å². The van der Waals surface area contributed by atoms with Gasteiger partial charge in [-0.2, -0.15) is 3.97 Å². The largest absolute Gasteiger partial charge is 0.480 e. The van der Waals surface area contributed by atoms with Crippen LogP contribution in [0.3, 0.4) is 0 Å². The predicted octanol–water partition coefficient (Wildman–Crippen LogP) is 1.90. The summed E-state index contributed by atoms with van der Waals surface area (Å²) in [4.78, 5) is 34.8. The molecule has 0 radical (unpaired) electrons. The van der Waals surface area contributed by atoms with Crippen molar-refractivity contribution in [2.24, 2.45) is 0 Å². The molecule has 2 aromatic carbocycles. The maximum Gasteiger partial charge on any atom is 0.344 e. The summed E-state index contributed by atoms with van der Waals surface area (Å²) in [5.41, 5.74) is -1.61. The number of nitro benzene ring substituents is 1. The number of carboxylic acid groups (broad SMARTS) is 1. The van der Waals surface area contributed by atoms with E-state index in [1.54, 1.807) is 19.1 Å².